The lowest BCUT2D eigenvalue weighted by atomic mass is 10.1. The third kappa shape index (κ3) is 4.09. The van der Waals surface area contributed by atoms with Crippen LogP contribution in [0.1, 0.15) is 31.0 Å². The fourth-order valence-corrected chi connectivity index (χ4v) is 3.12. The van der Waals surface area contributed by atoms with Gasteiger partial charge in [-0.05, 0) is 31.9 Å². The molecule has 2 heterocycles. The number of hydrogen-bond acceptors (Lipinski definition) is 7. The van der Waals surface area contributed by atoms with Gasteiger partial charge < -0.3 is 19.5 Å². The summed E-state index contributed by atoms with van der Waals surface area (Å²) in [5.41, 5.74) is 1.60. The molecule has 0 amide bonds. The van der Waals surface area contributed by atoms with Crippen LogP contribution in [0.25, 0.3) is 0 Å². The van der Waals surface area contributed by atoms with E-state index in [1.165, 1.54) is 6.33 Å². The van der Waals surface area contributed by atoms with Crippen molar-refractivity contribution in [2.24, 2.45) is 0 Å². The quantitative estimate of drug-likeness (QED) is 0.758. The molecule has 7 heteroatoms. The smallest absolute Gasteiger partial charge is 0.132 e. The second-order valence-electron chi connectivity index (χ2n) is 7.34. The highest BCUT2D eigenvalue weighted by Crippen LogP contribution is 2.39. The summed E-state index contributed by atoms with van der Waals surface area (Å²) in [6, 6.07) is 9.43. The molecule has 27 heavy (non-hydrogen) atoms. The van der Waals surface area contributed by atoms with E-state index in [1.807, 2.05) is 30.3 Å². The zero-order chi connectivity index (χ0) is 18.9. The van der Waals surface area contributed by atoms with Crippen LogP contribution in [0.3, 0.4) is 0 Å². The summed E-state index contributed by atoms with van der Waals surface area (Å²) >= 11 is 0. The maximum Gasteiger partial charge on any atom is 0.132 e. The van der Waals surface area contributed by atoms with Gasteiger partial charge in [-0.25, -0.2) is 9.97 Å². The highest BCUT2D eigenvalue weighted by atomic mass is 16.5. The summed E-state index contributed by atoms with van der Waals surface area (Å²) in [7, 11) is 0. The van der Waals surface area contributed by atoms with Gasteiger partial charge in [0.15, 0.2) is 0 Å². The van der Waals surface area contributed by atoms with Crippen molar-refractivity contribution < 1.29 is 14.6 Å². The van der Waals surface area contributed by atoms with E-state index >= 15 is 0 Å². The van der Waals surface area contributed by atoms with Crippen LogP contribution in [-0.2, 0) is 4.74 Å². The van der Waals surface area contributed by atoms with E-state index in [2.05, 4.69) is 21.8 Å². The molecule has 7 nitrogen and oxygen atoms in total. The van der Waals surface area contributed by atoms with Crippen molar-refractivity contribution in [1.29, 1.82) is 5.41 Å². The Hall–Kier alpha value is -2.51. The second kappa shape index (κ2) is 7.25. The molecule has 1 aliphatic heterocycles. The second-order valence-corrected chi connectivity index (χ2v) is 7.34. The van der Waals surface area contributed by atoms with Gasteiger partial charge in [-0.1, -0.05) is 12.1 Å². The van der Waals surface area contributed by atoms with Crippen LogP contribution in [0, 0.1) is 5.41 Å². The van der Waals surface area contributed by atoms with Gasteiger partial charge in [0.2, 0.25) is 0 Å². The molecule has 2 aromatic rings. The normalized spacial score (nSPS) is 21.0. The number of benzene rings is 1. The van der Waals surface area contributed by atoms with Crippen molar-refractivity contribution in [3.05, 3.63) is 47.9 Å². The number of anilines is 1. The average Bonchev–Trinajstić information content (AvgIpc) is 3.44. The van der Waals surface area contributed by atoms with Gasteiger partial charge in [0.25, 0.3) is 0 Å². The van der Waals surface area contributed by atoms with Gasteiger partial charge in [-0.3, -0.25) is 5.41 Å². The molecule has 2 aliphatic rings. The van der Waals surface area contributed by atoms with Crippen LogP contribution >= 0.6 is 0 Å². The van der Waals surface area contributed by atoms with Crippen LogP contribution in [0.15, 0.2) is 36.7 Å². The predicted octanol–water partition coefficient (Wildman–Crippen LogP) is 2.02. The number of ether oxygens (including phenoxy) is 2. The number of aromatic nitrogens is 2. The Morgan fingerprint density at radius 1 is 1.37 bits per heavy atom. The average molecular weight is 368 g/mol. The molecule has 1 aromatic heterocycles. The number of aliphatic hydroxyl groups excluding tert-OH is 1. The molecule has 1 saturated heterocycles. The minimum absolute atomic E-state index is 0.0179. The van der Waals surface area contributed by atoms with Gasteiger partial charge in [0.1, 0.15) is 23.5 Å². The van der Waals surface area contributed by atoms with Crippen molar-refractivity contribution in [3.63, 3.8) is 0 Å². The summed E-state index contributed by atoms with van der Waals surface area (Å²) in [4.78, 5) is 10.7. The maximum absolute atomic E-state index is 9.33. The number of hydrogen-bond donors (Lipinski definition) is 2. The number of aliphatic hydroxyl groups is 1. The zero-order valence-electron chi connectivity index (χ0n) is 15.4. The lowest BCUT2D eigenvalue weighted by Crippen LogP contribution is -2.44. The first-order chi connectivity index (χ1) is 13.1. The van der Waals surface area contributed by atoms with Crippen molar-refractivity contribution in [2.75, 3.05) is 31.2 Å². The first-order valence-corrected chi connectivity index (χ1v) is 9.24. The summed E-state index contributed by atoms with van der Waals surface area (Å²) in [5.74, 6) is 1.52. The molecule has 1 aliphatic carbocycles. The minimum Gasteiger partial charge on any atom is -0.488 e. The topological polar surface area (TPSA) is 91.6 Å². The van der Waals surface area contributed by atoms with Crippen molar-refractivity contribution >= 4 is 11.5 Å². The largest absolute Gasteiger partial charge is 0.488 e. The molecule has 1 atom stereocenters. The molecule has 0 spiro atoms. The molecule has 2 N–H and O–H groups in total. The van der Waals surface area contributed by atoms with Crippen LogP contribution in [0.5, 0.6) is 5.75 Å². The molecule has 0 radical (unpaired) electrons. The van der Waals surface area contributed by atoms with Crippen molar-refractivity contribution in [3.8, 4) is 5.75 Å². The van der Waals surface area contributed by atoms with Crippen molar-refractivity contribution in [2.45, 2.75) is 31.5 Å². The Labute approximate surface area is 158 Å². The van der Waals surface area contributed by atoms with Crippen LogP contribution in [0.4, 0.5) is 5.82 Å². The van der Waals surface area contributed by atoms with E-state index in [1.54, 1.807) is 0 Å². The molecule has 2 fully saturated rings. The third-order valence-electron chi connectivity index (χ3n) is 5.02. The lowest BCUT2D eigenvalue weighted by molar-refractivity contribution is 0.00335. The molecular formula is C20H24N4O3. The minimum atomic E-state index is -0.214. The van der Waals surface area contributed by atoms with E-state index < -0.39 is 0 Å². The summed E-state index contributed by atoms with van der Waals surface area (Å²) in [6.07, 6.45) is 3.40. The standard InChI is InChI=1S/C20H24N4O3/c1-20(5-6-20)27-15-4-2-3-14(9-15)19(21)17-10-18(23-13-22-17)24-7-8-26-16(11-24)12-25/h2-4,9-10,13,16,21,25H,5-8,11-12H2,1H3. The van der Waals surface area contributed by atoms with Crippen LogP contribution in [-0.4, -0.2) is 58.8 Å². The number of rotatable bonds is 6. The summed E-state index contributed by atoms with van der Waals surface area (Å²) in [5, 5.41) is 17.9. The molecule has 0 bridgehead atoms. The SMILES string of the molecule is CC1(Oc2cccc(C(=N)c3cc(N4CCOC(CO)C4)ncn3)c2)CC1. The molecule has 1 aromatic carbocycles. The fourth-order valence-electron chi connectivity index (χ4n) is 3.12. The predicted molar refractivity (Wildman–Crippen MR) is 102 cm³/mol. The Bertz CT molecular complexity index is 837. The van der Waals surface area contributed by atoms with Gasteiger partial charge in [0, 0.05) is 24.7 Å². The lowest BCUT2D eigenvalue weighted by Gasteiger charge is -2.32. The number of nitrogens with one attached hydrogen (secondary N) is 1. The van der Waals surface area contributed by atoms with Gasteiger partial charge >= 0.3 is 0 Å². The third-order valence-corrected chi connectivity index (χ3v) is 5.02. The van der Waals surface area contributed by atoms with E-state index in [9.17, 15) is 5.11 Å². The monoisotopic (exact) mass is 368 g/mol. The van der Waals surface area contributed by atoms with E-state index in [4.69, 9.17) is 14.9 Å². The maximum atomic E-state index is 9.33. The highest BCUT2D eigenvalue weighted by molar-refractivity contribution is 6.10. The Morgan fingerprint density at radius 3 is 3.00 bits per heavy atom. The molecular weight excluding hydrogens is 344 g/mol. The Balaban J connectivity index is 1.53. The first kappa shape index (κ1) is 17.9. The zero-order valence-corrected chi connectivity index (χ0v) is 15.4. The van der Waals surface area contributed by atoms with Crippen LogP contribution in [0.2, 0.25) is 0 Å². The number of morpholine rings is 1. The number of nitrogens with zero attached hydrogens (tertiary/aromatic N) is 3. The Morgan fingerprint density at radius 2 is 2.22 bits per heavy atom. The van der Waals surface area contributed by atoms with E-state index in [0.717, 1.165) is 30.0 Å². The molecule has 4 rings (SSSR count). The highest BCUT2D eigenvalue weighted by Gasteiger charge is 2.40. The van der Waals surface area contributed by atoms with E-state index in [0.29, 0.717) is 31.1 Å². The molecule has 1 unspecified atom stereocenters. The van der Waals surface area contributed by atoms with E-state index in [-0.39, 0.29) is 18.3 Å². The summed E-state index contributed by atoms with van der Waals surface area (Å²) in [6.45, 7) is 3.89. The van der Waals surface area contributed by atoms with Crippen molar-refractivity contribution in [1.82, 2.24) is 9.97 Å². The molecule has 1 saturated carbocycles. The first-order valence-electron chi connectivity index (χ1n) is 9.24. The van der Waals surface area contributed by atoms with Gasteiger partial charge in [-0.15, -0.1) is 0 Å². The summed E-state index contributed by atoms with van der Waals surface area (Å²) < 4.78 is 11.5. The van der Waals surface area contributed by atoms with Crippen LogP contribution < -0.4 is 9.64 Å². The molecule has 142 valence electrons. The fraction of sp³-hybridized carbons (Fsp3) is 0.450. The van der Waals surface area contributed by atoms with Gasteiger partial charge in [0.05, 0.1) is 30.7 Å². The Kier molecular flexibility index (Phi) is 4.80. The van der Waals surface area contributed by atoms with Gasteiger partial charge in [-0.2, -0.15) is 0 Å².